The fourth-order valence-corrected chi connectivity index (χ4v) is 4.86. The van der Waals surface area contributed by atoms with Gasteiger partial charge in [-0.15, -0.1) is 0 Å². The Labute approximate surface area is 179 Å². The molecule has 0 radical (unpaired) electrons. The number of likely N-dealkylation sites (tertiary alicyclic amines) is 1. The molecule has 2 atom stereocenters. The minimum Gasteiger partial charge on any atom is -0.481 e. The average Bonchev–Trinajstić information content (AvgIpc) is 3.11. The van der Waals surface area contributed by atoms with E-state index in [0.29, 0.717) is 5.88 Å². The number of fused-ring (bicyclic) bond motifs is 1. The van der Waals surface area contributed by atoms with Gasteiger partial charge < -0.3 is 9.64 Å². The first kappa shape index (κ1) is 20.8. The molecule has 2 aromatic rings. The summed E-state index contributed by atoms with van der Waals surface area (Å²) in [5, 5.41) is 0. The van der Waals surface area contributed by atoms with Crippen LogP contribution in [0.15, 0.2) is 24.4 Å². The molecule has 1 saturated heterocycles. The maximum absolute atomic E-state index is 12.6. The number of ether oxygens (including phenoxy) is 1. The first-order valence-corrected chi connectivity index (χ1v) is 10.8. The Hall–Kier alpha value is -2.47. The molecular weight excluding hydrogens is 376 g/mol. The molecule has 4 heterocycles. The zero-order valence-corrected chi connectivity index (χ0v) is 18.7. The minimum atomic E-state index is 0.0889. The molecule has 6 heteroatoms. The van der Waals surface area contributed by atoms with Crippen LogP contribution in [-0.2, 0) is 12.8 Å². The molecule has 0 aromatic carbocycles. The van der Waals surface area contributed by atoms with Gasteiger partial charge in [-0.2, -0.15) is 0 Å². The first-order valence-electron chi connectivity index (χ1n) is 10.8. The lowest BCUT2D eigenvalue weighted by Crippen LogP contribution is -2.35. The zero-order chi connectivity index (χ0) is 21.5. The predicted molar refractivity (Wildman–Crippen MR) is 117 cm³/mol. The number of pyridine rings is 2. The van der Waals surface area contributed by atoms with Crippen LogP contribution >= 0.6 is 0 Å². The van der Waals surface area contributed by atoms with Crippen LogP contribution in [0.2, 0.25) is 0 Å². The van der Waals surface area contributed by atoms with Crippen molar-refractivity contribution < 1.29 is 9.53 Å². The smallest absolute Gasteiger partial charge is 0.255 e. The van der Waals surface area contributed by atoms with Crippen molar-refractivity contribution in [2.24, 2.45) is 5.41 Å². The quantitative estimate of drug-likeness (QED) is 0.759. The number of carbonyl (C=O) groups excluding carboxylic acids is 1. The molecule has 0 bridgehead atoms. The number of amides is 1. The third-order valence-electron chi connectivity index (χ3n) is 6.70. The molecule has 160 valence electrons. The van der Waals surface area contributed by atoms with E-state index in [-0.39, 0.29) is 17.4 Å². The number of hydrogen-bond acceptors (Lipinski definition) is 5. The largest absolute Gasteiger partial charge is 0.481 e. The molecule has 0 aliphatic carbocycles. The van der Waals surface area contributed by atoms with Crippen LogP contribution in [0.1, 0.15) is 59.2 Å². The number of hydrogen-bond donors (Lipinski definition) is 0. The van der Waals surface area contributed by atoms with Crippen LogP contribution < -0.4 is 4.74 Å². The molecule has 1 fully saturated rings. The standard InChI is InChI=1S/C24H32N4O2/c1-16-10-18(11-22(26-16)30-5)13-24(3)7-9-28(15-24)17(2)19-12-20-21(25-14-19)6-8-27(4)23(20)29/h10-12,14,17H,6-9,13,15H2,1-5H3/t17?,24-/m1/s1. The summed E-state index contributed by atoms with van der Waals surface area (Å²) in [5.74, 6) is 0.776. The summed E-state index contributed by atoms with van der Waals surface area (Å²) in [6.45, 7) is 9.42. The molecular formula is C24H32N4O2. The lowest BCUT2D eigenvalue weighted by atomic mass is 9.83. The van der Waals surface area contributed by atoms with Gasteiger partial charge in [-0.25, -0.2) is 4.98 Å². The van der Waals surface area contributed by atoms with Crippen LogP contribution in [-0.4, -0.2) is 59.5 Å². The summed E-state index contributed by atoms with van der Waals surface area (Å²) in [5.41, 5.74) is 5.30. The Bertz CT molecular complexity index is 960. The highest BCUT2D eigenvalue weighted by molar-refractivity contribution is 5.96. The van der Waals surface area contributed by atoms with E-state index in [2.05, 4.69) is 46.9 Å². The molecule has 2 aliphatic rings. The number of nitrogens with zero attached hydrogens (tertiary/aromatic N) is 4. The van der Waals surface area contributed by atoms with E-state index >= 15 is 0 Å². The van der Waals surface area contributed by atoms with E-state index in [1.165, 1.54) is 5.56 Å². The number of aromatic nitrogens is 2. The third-order valence-corrected chi connectivity index (χ3v) is 6.70. The lowest BCUT2D eigenvalue weighted by Gasteiger charge is -2.30. The van der Waals surface area contributed by atoms with Crippen LogP contribution in [0, 0.1) is 12.3 Å². The van der Waals surface area contributed by atoms with Crippen molar-refractivity contribution in [3.63, 3.8) is 0 Å². The van der Waals surface area contributed by atoms with E-state index < -0.39 is 0 Å². The molecule has 0 N–H and O–H groups in total. The molecule has 2 aromatic heterocycles. The number of carbonyl (C=O) groups is 1. The van der Waals surface area contributed by atoms with Gasteiger partial charge in [0.1, 0.15) is 0 Å². The second-order valence-corrected chi connectivity index (χ2v) is 9.28. The SMILES string of the molecule is COc1cc(C[C@@]2(C)CCN(C(C)c3cnc4c(c3)C(=O)N(C)CC4)C2)cc(C)n1. The minimum absolute atomic E-state index is 0.0889. The van der Waals surface area contributed by atoms with Crippen molar-refractivity contribution in [1.29, 1.82) is 0 Å². The second kappa shape index (κ2) is 7.99. The number of likely N-dealkylation sites (N-methyl/N-ethyl adjacent to an activating group) is 1. The van der Waals surface area contributed by atoms with Gasteiger partial charge in [0, 0.05) is 50.6 Å². The highest BCUT2D eigenvalue weighted by Crippen LogP contribution is 2.38. The van der Waals surface area contributed by atoms with Gasteiger partial charge >= 0.3 is 0 Å². The molecule has 6 nitrogen and oxygen atoms in total. The van der Waals surface area contributed by atoms with Crippen molar-refractivity contribution in [1.82, 2.24) is 19.8 Å². The number of rotatable bonds is 5. The van der Waals surface area contributed by atoms with Gasteiger partial charge in [0.05, 0.1) is 18.4 Å². The predicted octanol–water partition coefficient (Wildman–Crippen LogP) is 3.44. The van der Waals surface area contributed by atoms with Crippen molar-refractivity contribution in [2.45, 2.75) is 46.1 Å². The normalized spacial score (nSPS) is 22.8. The van der Waals surface area contributed by atoms with Gasteiger partial charge in [0.15, 0.2) is 0 Å². The Morgan fingerprint density at radius 3 is 2.83 bits per heavy atom. The summed E-state index contributed by atoms with van der Waals surface area (Å²) < 4.78 is 5.35. The summed E-state index contributed by atoms with van der Waals surface area (Å²) in [4.78, 5) is 25.9. The summed E-state index contributed by atoms with van der Waals surface area (Å²) in [7, 11) is 3.53. The highest BCUT2D eigenvalue weighted by atomic mass is 16.5. The molecule has 0 spiro atoms. The summed E-state index contributed by atoms with van der Waals surface area (Å²) >= 11 is 0. The lowest BCUT2D eigenvalue weighted by molar-refractivity contribution is 0.0778. The van der Waals surface area contributed by atoms with Crippen molar-refractivity contribution in [3.8, 4) is 5.88 Å². The Balaban J connectivity index is 1.49. The first-order chi connectivity index (χ1) is 14.3. The molecule has 1 amide bonds. The topological polar surface area (TPSA) is 58.6 Å². The molecule has 30 heavy (non-hydrogen) atoms. The number of aryl methyl sites for hydroxylation is 1. The van der Waals surface area contributed by atoms with Crippen molar-refractivity contribution >= 4 is 5.91 Å². The van der Waals surface area contributed by atoms with Crippen LogP contribution in [0.4, 0.5) is 0 Å². The van der Waals surface area contributed by atoms with E-state index in [1.54, 1.807) is 12.0 Å². The van der Waals surface area contributed by atoms with E-state index in [9.17, 15) is 4.79 Å². The zero-order valence-electron chi connectivity index (χ0n) is 18.7. The van der Waals surface area contributed by atoms with E-state index in [4.69, 9.17) is 4.74 Å². The number of methoxy groups -OCH3 is 1. The molecule has 2 aliphatic heterocycles. The average molecular weight is 409 g/mol. The van der Waals surface area contributed by atoms with Crippen molar-refractivity contribution in [2.75, 3.05) is 33.8 Å². The highest BCUT2D eigenvalue weighted by Gasteiger charge is 2.36. The Morgan fingerprint density at radius 1 is 1.27 bits per heavy atom. The van der Waals surface area contributed by atoms with Gasteiger partial charge in [-0.05, 0) is 61.9 Å². The Kier molecular flexibility index (Phi) is 5.53. The summed E-state index contributed by atoms with van der Waals surface area (Å²) in [6.07, 6.45) is 4.94. The van der Waals surface area contributed by atoms with E-state index in [0.717, 1.165) is 61.4 Å². The van der Waals surface area contributed by atoms with Crippen molar-refractivity contribution in [3.05, 3.63) is 52.5 Å². The molecule has 4 rings (SSSR count). The molecule has 1 unspecified atom stereocenters. The summed E-state index contributed by atoms with van der Waals surface area (Å²) in [6, 6.07) is 6.52. The fourth-order valence-electron chi connectivity index (χ4n) is 4.86. The monoisotopic (exact) mass is 408 g/mol. The van der Waals surface area contributed by atoms with Crippen LogP contribution in [0.25, 0.3) is 0 Å². The molecule has 0 saturated carbocycles. The van der Waals surface area contributed by atoms with Crippen LogP contribution in [0.5, 0.6) is 5.88 Å². The van der Waals surface area contributed by atoms with Gasteiger partial charge in [0.2, 0.25) is 5.88 Å². The van der Waals surface area contributed by atoms with E-state index in [1.807, 2.05) is 20.2 Å². The maximum atomic E-state index is 12.6. The van der Waals surface area contributed by atoms with Gasteiger partial charge in [-0.1, -0.05) is 6.92 Å². The van der Waals surface area contributed by atoms with Gasteiger partial charge in [-0.3, -0.25) is 14.7 Å². The Morgan fingerprint density at radius 2 is 2.07 bits per heavy atom. The second-order valence-electron chi connectivity index (χ2n) is 9.28. The third kappa shape index (κ3) is 4.06. The fraction of sp³-hybridized carbons (Fsp3) is 0.542. The van der Waals surface area contributed by atoms with Crippen LogP contribution in [0.3, 0.4) is 0 Å². The maximum Gasteiger partial charge on any atom is 0.255 e. The van der Waals surface area contributed by atoms with Gasteiger partial charge in [0.25, 0.3) is 5.91 Å².